The lowest BCUT2D eigenvalue weighted by molar-refractivity contribution is -0.155. The molecule has 24 heavy (non-hydrogen) atoms. The number of carboxylic acid groups (broad SMARTS) is 1. The van der Waals surface area contributed by atoms with Gasteiger partial charge in [0.2, 0.25) is 0 Å². The van der Waals surface area contributed by atoms with Crippen LogP contribution in [0.2, 0.25) is 0 Å². The molecule has 128 valence electrons. The summed E-state index contributed by atoms with van der Waals surface area (Å²) in [4.78, 5) is 28.8. The Labute approximate surface area is 138 Å². The van der Waals surface area contributed by atoms with Gasteiger partial charge in [-0.2, -0.15) is 0 Å². The first-order valence-electron chi connectivity index (χ1n) is 7.76. The van der Waals surface area contributed by atoms with Crippen LogP contribution in [-0.4, -0.2) is 53.7 Å². The zero-order valence-corrected chi connectivity index (χ0v) is 13.3. The van der Waals surface area contributed by atoms with E-state index in [1.165, 1.54) is 24.1 Å². The van der Waals surface area contributed by atoms with Crippen LogP contribution in [0.25, 0.3) is 10.9 Å². The number of aromatic nitrogens is 1. The Morgan fingerprint density at radius 2 is 2.25 bits per heavy atom. The second-order valence-electron chi connectivity index (χ2n) is 6.23. The number of aromatic amines is 1. The summed E-state index contributed by atoms with van der Waals surface area (Å²) in [6, 6.07) is 6.06. The number of methoxy groups -OCH3 is 1. The quantitative estimate of drug-likeness (QED) is 0.898. The number of benzene rings is 1. The standard InChI is InChI=1S/C17H19FN2O4/c1-24-10-17(16(22)23)6-3-7-20(9-17)15(21)14-8-11-12(18)4-2-5-13(11)19-14/h2,4-5,8,19H,3,6-7,9-10H2,1H3,(H,22,23). The highest BCUT2D eigenvalue weighted by Crippen LogP contribution is 2.32. The molecule has 1 atom stereocenters. The minimum atomic E-state index is -1.10. The molecule has 1 fully saturated rings. The highest BCUT2D eigenvalue weighted by molar-refractivity contribution is 5.98. The third kappa shape index (κ3) is 2.75. The average Bonchev–Trinajstić information content (AvgIpc) is 3.00. The van der Waals surface area contributed by atoms with Crippen molar-refractivity contribution in [2.24, 2.45) is 5.41 Å². The molecule has 1 saturated heterocycles. The van der Waals surface area contributed by atoms with Crippen molar-refractivity contribution in [3.63, 3.8) is 0 Å². The summed E-state index contributed by atoms with van der Waals surface area (Å²) in [6.07, 6.45) is 1.04. The van der Waals surface area contributed by atoms with Crippen LogP contribution in [0.4, 0.5) is 4.39 Å². The molecular formula is C17H19FN2O4. The highest BCUT2D eigenvalue weighted by Gasteiger charge is 2.44. The monoisotopic (exact) mass is 334 g/mol. The number of likely N-dealkylation sites (tertiary alicyclic amines) is 1. The molecule has 3 rings (SSSR count). The number of hydrogen-bond acceptors (Lipinski definition) is 3. The van der Waals surface area contributed by atoms with Crippen molar-refractivity contribution in [3.05, 3.63) is 35.8 Å². The lowest BCUT2D eigenvalue weighted by atomic mass is 9.80. The number of aliphatic carboxylic acids is 1. The number of hydrogen-bond donors (Lipinski definition) is 2. The van der Waals surface area contributed by atoms with E-state index in [1.54, 1.807) is 12.1 Å². The zero-order chi connectivity index (χ0) is 17.3. The van der Waals surface area contributed by atoms with Gasteiger partial charge in [-0.3, -0.25) is 9.59 Å². The second kappa shape index (κ2) is 6.24. The van der Waals surface area contributed by atoms with Crippen molar-refractivity contribution in [3.8, 4) is 0 Å². The zero-order valence-electron chi connectivity index (χ0n) is 13.3. The Hall–Kier alpha value is -2.41. The maximum atomic E-state index is 13.8. The molecule has 0 saturated carbocycles. The molecule has 1 aromatic carbocycles. The van der Waals surface area contributed by atoms with Gasteiger partial charge in [-0.15, -0.1) is 0 Å². The van der Waals surface area contributed by atoms with Crippen LogP contribution in [0.3, 0.4) is 0 Å². The lowest BCUT2D eigenvalue weighted by Crippen LogP contribution is -2.52. The number of carboxylic acids is 1. The Balaban J connectivity index is 1.88. The van der Waals surface area contributed by atoms with Gasteiger partial charge in [-0.25, -0.2) is 4.39 Å². The SMILES string of the molecule is COCC1(C(=O)O)CCCN(C(=O)c2cc3c(F)cccc3[nH]2)C1. The Morgan fingerprint density at radius 1 is 1.46 bits per heavy atom. The third-order valence-corrected chi connectivity index (χ3v) is 4.58. The van der Waals surface area contributed by atoms with Gasteiger partial charge in [0, 0.05) is 31.1 Å². The summed E-state index contributed by atoms with van der Waals surface area (Å²) in [5.41, 5.74) is -0.301. The topological polar surface area (TPSA) is 82.6 Å². The van der Waals surface area contributed by atoms with E-state index in [9.17, 15) is 19.1 Å². The Morgan fingerprint density at radius 3 is 2.92 bits per heavy atom. The molecule has 2 heterocycles. The number of amides is 1. The number of H-pyrrole nitrogens is 1. The predicted octanol–water partition coefficient (Wildman–Crippen LogP) is 2.26. The van der Waals surface area contributed by atoms with Crippen molar-refractivity contribution in [1.29, 1.82) is 0 Å². The molecule has 6 nitrogen and oxygen atoms in total. The molecule has 1 aromatic heterocycles. The molecular weight excluding hydrogens is 315 g/mol. The van der Waals surface area contributed by atoms with Gasteiger partial charge in [0.15, 0.2) is 0 Å². The van der Waals surface area contributed by atoms with Gasteiger partial charge in [-0.05, 0) is 31.0 Å². The highest BCUT2D eigenvalue weighted by atomic mass is 19.1. The summed E-state index contributed by atoms with van der Waals surface area (Å²) in [5, 5.41) is 9.91. The molecule has 0 spiro atoms. The number of nitrogens with one attached hydrogen (secondary N) is 1. The van der Waals surface area contributed by atoms with Gasteiger partial charge in [0.1, 0.15) is 16.9 Å². The Kier molecular flexibility index (Phi) is 4.28. The van der Waals surface area contributed by atoms with Gasteiger partial charge in [0.05, 0.1) is 6.61 Å². The largest absolute Gasteiger partial charge is 0.481 e. The normalized spacial score (nSPS) is 21.2. The first-order valence-corrected chi connectivity index (χ1v) is 7.76. The van der Waals surface area contributed by atoms with Crippen LogP contribution in [0.1, 0.15) is 23.3 Å². The minimum Gasteiger partial charge on any atom is -0.481 e. The van der Waals surface area contributed by atoms with Crippen molar-refractivity contribution < 1.29 is 23.8 Å². The number of ether oxygens (including phenoxy) is 1. The van der Waals surface area contributed by atoms with E-state index in [2.05, 4.69) is 4.98 Å². The fourth-order valence-corrected chi connectivity index (χ4v) is 3.34. The van der Waals surface area contributed by atoms with E-state index in [4.69, 9.17) is 4.74 Å². The van der Waals surface area contributed by atoms with Gasteiger partial charge >= 0.3 is 5.97 Å². The first kappa shape index (κ1) is 16.4. The van der Waals surface area contributed by atoms with Crippen LogP contribution >= 0.6 is 0 Å². The fourth-order valence-electron chi connectivity index (χ4n) is 3.34. The average molecular weight is 334 g/mol. The van der Waals surface area contributed by atoms with E-state index >= 15 is 0 Å². The second-order valence-corrected chi connectivity index (χ2v) is 6.23. The lowest BCUT2D eigenvalue weighted by Gasteiger charge is -2.39. The van der Waals surface area contributed by atoms with Crippen LogP contribution < -0.4 is 0 Å². The van der Waals surface area contributed by atoms with E-state index in [0.29, 0.717) is 30.3 Å². The van der Waals surface area contributed by atoms with Crippen LogP contribution in [0.5, 0.6) is 0 Å². The van der Waals surface area contributed by atoms with Gasteiger partial charge in [-0.1, -0.05) is 6.07 Å². The minimum absolute atomic E-state index is 0.0491. The molecule has 0 radical (unpaired) electrons. The fraction of sp³-hybridized carbons (Fsp3) is 0.412. The van der Waals surface area contributed by atoms with Crippen molar-refractivity contribution in [1.82, 2.24) is 9.88 Å². The van der Waals surface area contributed by atoms with Crippen molar-refractivity contribution in [2.45, 2.75) is 12.8 Å². The number of halogens is 1. The van der Waals surface area contributed by atoms with Crippen LogP contribution in [0, 0.1) is 11.2 Å². The molecule has 1 amide bonds. The summed E-state index contributed by atoms with van der Waals surface area (Å²) >= 11 is 0. The third-order valence-electron chi connectivity index (χ3n) is 4.58. The molecule has 0 aliphatic carbocycles. The van der Waals surface area contributed by atoms with Gasteiger partial charge in [0.25, 0.3) is 5.91 Å². The molecule has 2 N–H and O–H groups in total. The van der Waals surface area contributed by atoms with Gasteiger partial charge < -0.3 is 19.7 Å². The van der Waals surface area contributed by atoms with E-state index in [1.807, 2.05) is 0 Å². The number of piperidine rings is 1. The molecule has 7 heteroatoms. The maximum absolute atomic E-state index is 13.8. The molecule has 2 aromatic rings. The number of rotatable bonds is 4. The Bertz CT molecular complexity index is 784. The predicted molar refractivity (Wildman–Crippen MR) is 85.3 cm³/mol. The molecule has 0 bridgehead atoms. The molecule has 1 unspecified atom stereocenters. The summed E-state index contributed by atoms with van der Waals surface area (Å²) in [6.45, 7) is 0.593. The summed E-state index contributed by atoms with van der Waals surface area (Å²) in [5.74, 6) is -1.70. The number of nitrogens with zero attached hydrogens (tertiary/aromatic N) is 1. The van der Waals surface area contributed by atoms with E-state index < -0.39 is 17.2 Å². The number of carbonyl (C=O) groups excluding carboxylic acids is 1. The van der Waals surface area contributed by atoms with Crippen LogP contribution in [0.15, 0.2) is 24.3 Å². The first-order chi connectivity index (χ1) is 11.5. The van der Waals surface area contributed by atoms with Crippen molar-refractivity contribution >= 4 is 22.8 Å². The maximum Gasteiger partial charge on any atom is 0.313 e. The van der Waals surface area contributed by atoms with E-state index in [-0.39, 0.29) is 24.8 Å². The number of fused-ring (bicyclic) bond motifs is 1. The van der Waals surface area contributed by atoms with Crippen LogP contribution in [-0.2, 0) is 9.53 Å². The number of carbonyl (C=O) groups is 2. The van der Waals surface area contributed by atoms with E-state index in [0.717, 1.165) is 0 Å². The van der Waals surface area contributed by atoms with Crippen molar-refractivity contribution in [2.75, 3.05) is 26.8 Å². The summed E-state index contributed by atoms with van der Waals surface area (Å²) in [7, 11) is 1.45. The molecule has 1 aliphatic rings. The smallest absolute Gasteiger partial charge is 0.313 e. The summed E-state index contributed by atoms with van der Waals surface area (Å²) < 4.78 is 18.9. The molecule has 1 aliphatic heterocycles.